The van der Waals surface area contributed by atoms with E-state index in [1.54, 1.807) is 0 Å². The number of aliphatic hydroxyl groups excluding tert-OH is 1. The molecule has 0 fully saturated rings. The molecule has 41 valence electrons. The van der Waals surface area contributed by atoms with Crippen molar-refractivity contribution in [3.8, 4) is 0 Å². The molecule has 0 amide bonds. The van der Waals surface area contributed by atoms with Crippen LogP contribution in [0.2, 0.25) is 0 Å². The van der Waals surface area contributed by atoms with E-state index < -0.39 is 11.7 Å². The van der Waals surface area contributed by atoms with Crippen LogP contribution >= 0.6 is 0 Å². The number of rotatable bonds is 1. The molecule has 1 radical (unpaired) electrons. The molecule has 0 unspecified atom stereocenters. The Kier molecular flexibility index (Phi) is 7.15. The minimum Gasteiger partial charge on any atom is -0.502 e. The minimum absolute atomic E-state index is 0. The first-order valence-corrected chi connectivity index (χ1v) is 1.25. The topological polar surface area (TPSA) is 57.5 Å². The quantitative estimate of drug-likeness (QED) is 0.506. The summed E-state index contributed by atoms with van der Waals surface area (Å²) in [7, 11) is 0. The monoisotopic (exact) mass is 241 g/mol. The first-order valence-electron chi connectivity index (χ1n) is 1.25. The molecule has 4 heteroatoms. The van der Waals surface area contributed by atoms with Crippen LogP contribution in [-0.2, 0) is 4.79 Å². The van der Waals surface area contributed by atoms with Crippen LogP contribution in [0.3, 0.4) is 0 Å². The van der Waals surface area contributed by atoms with Crippen molar-refractivity contribution in [2.45, 2.75) is 0 Å². The predicted molar refractivity (Wildman–Crippen MR) is 19.4 cm³/mol. The Morgan fingerprint density at radius 1 is 1.43 bits per heavy atom. The molecule has 0 rings (SSSR count). The summed E-state index contributed by atoms with van der Waals surface area (Å²) in [6.07, 6.45) is 0. The van der Waals surface area contributed by atoms with Crippen molar-refractivity contribution < 1.29 is 64.4 Å². The van der Waals surface area contributed by atoms with E-state index in [-0.39, 0.29) is 49.4 Å². The van der Waals surface area contributed by atoms with E-state index in [1.807, 2.05) is 0 Å². The molecule has 7 heavy (non-hydrogen) atoms. The first kappa shape index (κ1) is 10.6. The summed E-state index contributed by atoms with van der Waals surface area (Å²) < 4.78 is 0. The number of aliphatic hydroxyl groups is 1. The smallest absolute Gasteiger partial charge is 0.370 e. The van der Waals surface area contributed by atoms with Gasteiger partial charge in [0.1, 0.15) is 0 Å². The van der Waals surface area contributed by atoms with Crippen molar-refractivity contribution in [1.29, 1.82) is 0 Å². The van der Waals surface area contributed by atoms with Crippen LogP contribution < -0.4 is 0 Å². The van der Waals surface area contributed by atoms with E-state index >= 15 is 0 Å². The Bertz CT molecular complexity index is 76.2. The van der Waals surface area contributed by atoms with Gasteiger partial charge in [0.2, 0.25) is 0 Å². The van der Waals surface area contributed by atoms with Crippen LogP contribution in [0.4, 0.5) is 0 Å². The molecule has 0 bridgehead atoms. The van der Waals surface area contributed by atoms with Gasteiger partial charge in [-0.05, 0) is 6.58 Å². The summed E-state index contributed by atoms with van der Waals surface area (Å²) in [5.74, 6) is -2.20. The van der Waals surface area contributed by atoms with Crippen LogP contribution in [0, 0.1) is 49.4 Å². The van der Waals surface area contributed by atoms with Crippen molar-refractivity contribution in [3.63, 3.8) is 0 Å². The van der Waals surface area contributed by atoms with Crippen LogP contribution in [0.1, 0.15) is 0 Å². The molecule has 0 aromatic heterocycles. The molecule has 2 N–H and O–H groups in total. The van der Waals surface area contributed by atoms with Crippen LogP contribution in [0.15, 0.2) is 12.3 Å². The van der Waals surface area contributed by atoms with Crippen LogP contribution in [0.5, 0.6) is 0 Å². The van der Waals surface area contributed by atoms with Gasteiger partial charge in [0.25, 0.3) is 0 Å². The van der Waals surface area contributed by atoms with Crippen molar-refractivity contribution in [2.75, 3.05) is 0 Å². The van der Waals surface area contributed by atoms with Gasteiger partial charge in [0.05, 0.1) is 0 Å². The molecule has 0 spiro atoms. The molecule has 0 aromatic carbocycles. The maximum Gasteiger partial charge on any atom is 0.370 e. The second kappa shape index (κ2) is 4.75. The van der Waals surface area contributed by atoms with E-state index in [4.69, 9.17) is 10.2 Å². The number of carbonyl (C=O) groups is 1. The standard InChI is InChI=1S/C3H4O3.Eu/c1-2(4)3(5)6;/h4H,1H2,(H,5,6);. The third kappa shape index (κ3) is 6.59. The largest absolute Gasteiger partial charge is 0.502 e. The zero-order valence-corrected chi connectivity index (χ0v) is 5.81. The van der Waals surface area contributed by atoms with Gasteiger partial charge in [-0.1, -0.05) is 0 Å². The molecule has 3 nitrogen and oxygen atoms in total. The second-order valence-electron chi connectivity index (χ2n) is 0.752. The SMILES string of the molecule is C=C(O)C(=O)O.[Eu]. The number of aliphatic carboxylic acids is 1. The van der Waals surface area contributed by atoms with E-state index in [2.05, 4.69) is 6.58 Å². The zero-order chi connectivity index (χ0) is 5.15. The molecule has 0 atom stereocenters. The third-order valence-corrected chi connectivity index (χ3v) is 0.247. The summed E-state index contributed by atoms with van der Waals surface area (Å²) in [4.78, 5) is 9.35. The van der Waals surface area contributed by atoms with Gasteiger partial charge in [-0.2, -0.15) is 0 Å². The fourth-order valence-electron chi connectivity index (χ4n) is 0. The normalized spacial score (nSPS) is 6.29. The fraction of sp³-hybridized carbons (Fsp3) is 0. The molecule has 0 aliphatic carbocycles. The van der Waals surface area contributed by atoms with Crippen molar-refractivity contribution in [2.24, 2.45) is 0 Å². The molecular weight excluding hydrogens is 236 g/mol. The summed E-state index contributed by atoms with van der Waals surface area (Å²) in [5.41, 5.74) is 0. The maximum absolute atomic E-state index is 9.35. The molecular formula is C3H4EuO3. The van der Waals surface area contributed by atoms with Gasteiger partial charge in [0, 0.05) is 49.4 Å². The zero-order valence-electron chi connectivity index (χ0n) is 3.39. The average molecular weight is 240 g/mol. The van der Waals surface area contributed by atoms with Gasteiger partial charge in [0.15, 0.2) is 5.76 Å². The number of hydrogen-bond acceptors (Lipinski definition) is 2. The maximum atomic E-state index is 9.35. The summed E-state index contributed by atoms with van der Waals surface area (Å²) in [5, 5.41) is 15.5. The Morgan fingerprint density at radius 2 is 1.57 bits per heavy atom. The Balaban J connectivity index is 0. The van der Waals surface area contributed by atoms with Crippen LogP contribution in [0.25, 0.3) is 0 Å². The van der Waals surface area contributed by atoms with Gasteiger partial charge >= 0.3 is 5.97 Å². The Morgan fingerprint density at radius 3 is 1.57 bits per heavy atom. The number of carboxylic acids is 1. The summed E-state index contributed by atoms with van der Waals surface area (Å²) >= 11 is 0. The molecule has 0 saturated carbocycles. The first-order chi connectivity index (χ1) is 2.64. The third-order valence-electron chi connectivity index (χ3n) is 0.247. The van der Waals surface area contributed by atoms with Crippen molar-refractivity contribution >= 4 is 5.97 Å². The van der Waals surface area contributed by atoms with Crippen LogP contribution in [-0.4, -0.2) is 16.2 Å². The Hall–Kier alpha value is 0.594. The van der Waals surface area contributed by atoms with Gasteiger partial charge in [-0.3, -0.25) is 0 Å². The minimum atomic E-state index is -1.38. The van der Waals surface area contributed by atoms with E-state index in [1.165, 1.54) is 0 Å². The predicted octanol–water partition coefficient (Wildman–Crippen LogP) is 0.143. The molecule has 0 aliphatic heterocycles. The van der Waals surface area contributed by atoms with Gasteiger partial charge < -0.3 is 10.2 Å². The summed E-state index contributed by atoms with van der Waals surface area (Å²) in [6.45, 7) is 2.71. The van der Waals surface area contributed by atoms with Gasteiger partial charge in [-0.25, -0.2) is 4.79 Å². The second-order valence-corrected chi connectivity index (χ2v) is 0.752. The fourth-order valence-corrected chi connectivity index (χ4v) is 0. The van der Waals surface area contributed by atoms with Gasteiger partial charge in [-0.15, -0.1) is 0 Å². The molecule has 0 heterocycles. The van der Waals surface area contributed by atoms with E-state index in [9.17, 15) is 4.79 Å². The number of carboxylic acid groups (broad SMARTS) is 1. The van der Waals surface area contributed by atoms with E-state index in [0.29, 0.717) is 0 Å². The molecule has 0 saturated heterocycles. The van der Waals surface area contributed by atoms with E-state index in [0.717, 1.165) is 0 Å². The average Bonchev–Trinajstić information content (AvgIpc) is 1.36. The Labute approximate surface area is 81.6 Å². The summed E-state index contributed by atoms with van der Waals surface area (Å²) in [6, 6.07) is 0. The van der Waals surface area contributed by atoms with Crippen molar-refractivity contribution in [3.05, 3.63) is 12.3 Å². The molecule has 0 aliphatic rings. The van der Waals surface area contributed by atoms with Crippen molar-refractivity contribution in [1.82, 2.24) is 0 Å². The number of hydrogen-bond donors (Lipinski definition) is 2. The molecule has 0 aromatic rings.